The van der Waals surface area contributed by atoms with Crippen molar-refractivity contribution >= 4 is 55.7 Å². The zero-order valence-corrected chi connectivity index (χ0v) is 23.8. The number of carboxylic acid groups (broad SMARTS) is 1. The molecular weight excluding hydrogens is 563 g/mol. The largest absolute Gasteiger partial charge is 0.488 e. The van der Waals surface area contributed by atoms with Gasteiger partial charge in [0, 0.05) is 17.8 Å². The van der Waals surface area contributed by atoms with E-state index in [1.54, 1.807) is 24.8 Å². The summed E-state index contributed by atoms with van der Waals surface area (Å²) in [5, 5.41) is 13.8. The van der Waals surface area contributed by atoms with Crippen molar-refractivity contribution in [1.29, 1.82) is 0 Å². The van der Waals surface area contributed by atoms with Crippen LogP contribution in [0.25, 0.3) is 31.2 Å². The number of carbonyl (C=O) groups excluding carboxylic acids is 1. The number of rotatable bonds is 6. The number of nitrogens with zero attached hydrogens (tertiary/aromatic N) is 3. The van der Waals surface area contributed by atoms with Crippen LogP contribution < -0.4 is 15.0 Å². The first-order chi connectivity index (χ1) is 19.8. The molecule has 3 heterocycles. The number of aromatic nitrogens is 2. The lowest BCUT2D eigenvalue weighted by molar-refractivity contribution is 0.0692. The van der Waals surface area contributed by atoms with Crippen LogP contribution in [0, 0.1) is 5.82 Å². The van der Waals surface area contributed by atoms with E-state index >= 15 is 0 Å². The molecule has 0 atom stereocenters. The zero-order valence-electron chi connectivity index (χ0n) is 22.2. The van der Waals surface area contributed by atoms with Crippen molar-refractivity contribution < 1.29 is 23.8 Å². The summed E-state index contributed by atoms with van der Waals surface area (Å²) in [6.07, 6.45) is 1.42. The number of thiazole rings is 2. The minimum Gasteiger partial charge on any atom is -0.488 e. The molecule has 2 N–H and O–H groups in total. The van der Waals surface area contributed by atoms with Crippen LogP contribution in [-0.2, 0) is 6.42 Å². The molecule has 2 amide bonds. The van der Waals surface area contributed by atoms with Crippen LogP contribution in [0.15, 0.2) is 60.7 Å². The summed E-state index contributed by atoms with van der Waals surface area (Å²) >= 11 is 2.57. The molecular formula is C30H25FN4O4S2. The van der Waals surface area contributed by atoms with Gasteiger partial charge in [-0.1, -0.05) is 35.6 Å². The first kappa shape index (κ1) is 26.9. The molecule has 41 heavy (non-hydrogen) atoms. The highest BCUT2D eigenvalue weighted by Gasteiger charge is 2.26. The molecule has 0 aliphatic carbocycles. The summed E-state index contributed by atoms with van der Waals surface area (Å²) in [4.78, 5) is 36.4. The molecule has 6 rings (SSSR count). The van der Waals surface area contributed by atoms with Gasteiger partial charge in [0.05, 0.1) is 21.2 Å². The molecule has 0 spiro atoms. The minimum absolute atomic E-state index is 0.101. The number of fused-ring (bicyclic) bond motifs is 2. The number of hydrogen-bond acceptors (Lipinski definition) is 7. The Bertz CT molecular complexity index is 1770. The maximum absolute atomic E-state index is 14.7. The van der Waals surface area contributed by atoms with E-state index in [4.69, 9.17) is 4.74 Å². The van der Waals surface area contributed by atoms with Crippen molar-refractivity contribution in [2.24, 2.45) is 0 Å². The summed E-state index contributed by atoms with van der Waals surface area (Å²) in [5.74, 6) is -1.68. The van der Waals surface area contributed by atoms with Gasteiger partial charge < -0.3 is 9.84 Å². The lowest BCUT2D eigenvalue weighted by Gasteiger charge is -2.29. The maximum Gasteiger partial charge on any atom is 0.356 e. The van der Waals surface area contributed by atoms with E-state index in [2.05, 4.69) is 15.3 Å². The number of hydrogen-bond donors (Lipinski definition) is 2. The van der Waals surface area contributed by atoms with Crippen molar-refractivity contribution in [3.05, 3.63) is 77.7 Å². The number of ether oxygens (including phenoxy) is 1. The van der Waals surface area contributed by atoms with E-state index in [0.717, 1.165) is 45.6 Å². The van der Waals surface area contributed by atoms with Crippen LogP contribution in [0.5, 0.6) is 5.75 Å². The van der Waals surface area contributed by atoms with Gasteiger partial charge in [0.2, 0.25) is 0 Å². The number of carboxylic acids is 1. The van der Waals surface area contributed by atoms with Gasteiger partial charge in [0.1, 0.15) is 5.01 Å². The molecule has 0 radical (unpaired) electrons. The molecule has 5 aromatic rings. The Labute approximate surface area is 243 Å². The van der Waals surface area contributed by atoms with E-state index in [1.165, 1.54) is 23.5 Å². The van der Waals surface area contributed by atoms with Gasteiger partial charge in [-0.3, -0.25) is 10.2 Å². The quantitative estimate of drug-likeness (QED) is 0.211. The first-order valence-electron chi connectivity index (χ1n) is 13.0. The van der Waals surface area contributed by atoms with E-state index < -0.39 is 11.8 Å². The van der Waals surface area contributed by atoms with Crippen LogP contribution in [0.2, 0.25) is 0 Å². The molecule has 1 aliphatic rings. The Balaban J connectivity index is 1.32. The first-order valence-corrected chi connectivity index (χ1v) is 14.7. The minimum atomic E-state index is -1.21. The van der Waals surface area contributed by atoms with Crippen LogP contribution in [0.1, 0.15) is 36.3 Å². The Hall–Kier alpha value is -4.35. The number of nitrogens with one attached hydrogen (secondary N) is 1. The molecule has 0 unspecified atom stereocenters. The average molecular weight is 589 g/mol. The highest BCUT2D eigenvalue weighted by molar-refractivity contribution is 7.22. The second kappa shape index (κ2) is 10.9. The van der Waals surface area contributed by atoms with Crippen molar-refractivity contribution in [2.75, 3.05) is 16.8 Å². The number of aromatic carboxylic acids is 1. The number of halogens is 1. The maximum atomic E-state index is 14.7. The number of carbonyl (C=O) groups is 2. The van der Waals surface area contributed by atoms with Crippen molar-refractivity contribution in [1.82, 2.24) is 9.97 Å². The molecule has 0 fully saturated rings. The zero-order chi connectivity index (χ0) is 28.7. The van der Waals surface area contributed by atoms with Crippen molar-refractivity contribution in [3.8, 4) is 26.8 Å². The number of benzene rings is 3. The normalized spacial score (nSPS) is 12.9. The monoisotopic (exact) mass is 588 g/mol. The summed E-state index contributed by atoms with van der Waals surface area (Å²) in [7, 11) is 0. The van der Waals surface area contributed by atoms with Crippen LogP contribution in [0.4, 0.5) is 20.0 Å². The SMILES string of the molecule is CC(C)Oc1ccc(-c2sc(-c3ccc4c(c3)N(C(=O)Nc3nc5ccccc5s3)CCC4)nc2C(=O)O)cc1F. The van der Waals surface area contributed by atoms with Crippen LogP contribution in [0.3, 0.4) is 0 Å². The number of amides is 2. The number of urea groups is 1. The molecule has 2 aromatic heterocycles. The topological polar surface area (TPSA) is 105 Å². The summed E-state index contributed by atoms with van der Waals surface area (Å²) in [6, 6.07) is 17.5. The van der Waals surface area contributed by atoms with E-state index in [0.29, 0.717) is 32.7 Å². The fraction of sp³-hybridized carbons (Fsp3) is 0.200. The van der Waals surface area contributed by atoms with Crippen LogP contribution in [-0.4, -0.2) is 39.7 Å². The molecule has 0 bridgehead atoms. The number of aryl methyl sites for hydroxylation is 1. The molecule has 1 aliphatic heterocycles. The average Bonchev–Trinajstić information content (AvgIpc) is 3.58. The summed E-state index contributed by atoms with van der Waals surface area (Å²) < 4.78 is 21.2. The van der Waals surface area contributed by atoms with Crippen molar-refractivity contribution in [2.45, 2.75) is 32.8 Å². The number of anilines is 2. The van der Waals surface area contributed by atoms with Gasteiger partial charge in [-0.05, 0) is 74.2 Å². The van der Waals surface area contributed by atoms with E-state index in [9.17, 15) is 19.1 Å². The smallest absolute Gasteiger partial charge is 0.356 e. The molecule has 11 heteroatoms. The van der Waals surface area contributed by atoms with Crippen molar-refractivity contribution in [3.63, 3.8) is 0 Å². The predicted octanol–water partition coefficient (Wildman–Crippen LogP) is 7.70. The molecule has 208 valence electrons. The Morgan fingerprint density at radius 2 is 1.85 bits per heavy atom. The summed E-state index contributed by atoms with van der Waals surface area (Å²) in [6.45, 7) is 4.13. The summed E-state index contributed by atoms with van der Waals surface area (Å²) in [5.41, 5.74) is 3.48. The standard InChI is InChI=1S/C30H25FN4O4S2/c1-16(2)39-23-12-11-18(14-20(23)31)26-25(28(36)37)33-27(41-26)19-10-9-17-6-5-13-35(22(17)15-19)30(38)34-29-32-21-7-3-4-8-24(21)40-29/h3-4,7-12,14-16H,5-6,13H2,1-2H3,(H,36,37)(H,32,34,38). The molecule has 8 nitrogen and oxygen atoms in total. The second-order valence-corrected chi connectivity index (χ2v) is 11.9. The second-order valence-electron chi connectivity index (χ2n) is 9.83. The van der Waals surface area contributed by atoms with Gasteiger partial charge in [-0.25, -0.2) is 23.9 Å². The number of para-hydroxylation sites is 1. The fourth-order valence-electron chi connectivity index (χ4n) is 4.78. The third kappa shape index (κ3) is 5.38. The van der Waals surface area contributed by atoms with Gasteiger partial charge in [-0.2, -0.15) is 0 Å². The van der Waals surface area contributed by atoms with Crippen LogP contribution >= 0.6 is 22.7 Å². The van der Waals surface area contributed by atoms with Gasteiger partial charge >= 0.3 is 12.0 Å². The Kier molecular flexibility index (Phi) is 7.14. The predicted molar refractivity (Wildman–Crippen MR) is 160 cm³/mol. The van der Waals surface area contributed by atoms with E-state index in [1.807, 2.05) is 42.5 Å². The molecule has 0 saturated carbocycles. The molecule has 3 aromatic carbocycles. The third-order valence-corrected chi connectivity index (χ3v) is 8.70. The van der Waals surface area contributed by atoms with E-state index in [-0.39, 0.29) is 23.6 Å². The third-order valence-electron chi connectivity index (χ3n) is 6.59. The van der Waals surface area contributed by atoms with Gasteiger partial charge in [0.25, 0.3) is 0 Å². The molecule has 0 saturated heterocycles. The fourth-order valence-corrected chi connectivity index (χ4v) is 6.68. The van der Waals surface area contributed by atoms with Gasteiger partial charge in [-0.15, -0.1) is 11.3 Å². The lowest BCUT2D eigenvalue weighted by atomic mass is 10.00. The Morgan fingerprint density at radius 1 is 1.05 bits per heavy atom. The van der Waals surface area contributed by atoms with Gasteiger partial charge in [0.15, 0.2) is 22.4 Å². The Morgan fingerprint density at radius 3 is 2.61 bits per heavy atom. The lowest BCUT2D eigenvalue weighted by Crippen LogP contribution is -2.38. The highest BCUT2D eigenvalue weighted by atomic mass is 32.1. The highest BCUT2D eigenvalue weighted by Crippen LogP contribution is 2.40.